The number of halogens is 5. The van der Waals surface area contributed by atoms with Crippen molar-refractivity contribution in [2.24, 2.45) is 0 Å². The van der Waals surface area contributed by atoms with E-state index in [2.05, 4.69) is 0 Å². The number of hydrogen-bond donors (Lipinski definition) is 2. The molecule has 0 bridgehead atoms. The van der Waals surface area contributed by atoms with Crippen molar-refractivity contribution >= 4 is 0 Å². The van der Waals surface area contributed by atoms with Gasteiger partial charge in [-0.3, -0.25) is 0 Å². The Morgan fingerprint density at radius 2 is 1.38 bits per heavy atom. The molecule has 2 nitrogen and oxygen atoms in total. The van der Waals surface area contributed by atoms with Crippen LogP contribution in [0, 0.1) is 0 Å². The van der Waals surface area contributed by atoms with Crippen molar-refractivity contribution in [2.45, 2.75) is 37.7 Å². The first-order valence-corrected chi connectivity index (χ1v) is 3.45. The Hall–Kier alpha value is -0.430. The fraction of sp³-hybridized carbons (Fsp3) is 1.00. The molecule has 0 fully saturated rings. The van der Waals surface area contributed by atoms with Crippen LogP contribution in [-0.2, 0) is 0 Å². The van der Waals surface area contributed by atoms with E-state index >= 15 is 0 Å². The van der Waals surface area contributed by atoms with Crippen LogP contribution in [0.1, 0.15) is 19.8 Å². The Labute approximate surface area is 71.0 Å². The Balaban J connectivity index is 4.81. The molecule has 0 unspecified atom stereocenters. The van der Waals surface area contributed by atoms with Crippen molar-refractivity contribution in [3.05, 3.63) is 0 Å². The zero-order valence-electron chi connectivity index (χ0n) is 6.70. The third-order valence-corrected chi connectivity index (χ3v) is 1.42. The van der Waals surface area contributed by atoms with Crippen LogP contribution in [0.5, 0.6) is 0 Å². The van der Waals surface area contributed by atoms with Crippen LogP contribution < -0.4 is 0 Å². The maximum Gasteiger partial charge on any atom is 0.393 e. The predicted octanol–water partition coefficient (Wildman–Crippen LogP) is 1.67. The van der Waals surface area contributed by atoms with E-state index in [1.54, 1.807) is 0 Å². The molecule has 0 heterocycles. The first-order chi connectivity index (χ1) is 5.56. The van der Waals surface area contributed by atoms with Gasteiger partial charge < -0.3 is 10.2 Å². The summed E-state index contributed by atoms with van der Waals surface area (Å²) in [5.74, 6) is -10.3. The molecule has 0 atom stereocenters. The standard InChI is InChI=1S/C6H9F5O2/c1-2-3-4(7,8)5(9,10)6(11,12)13/h12-13H,2-3H2,1H3. The molecule has 0 aliphatic heterocycles. The number of aliphatic hydroxyl groups is 2. The third kappa shape index (κ3) is 2.28. The summed E-state index contributed by atoms with van der Waals surface area (Å²) in [5.41, 5.74) is 0. The smallest absolute Gasteiger partial charge is 0.335 e. The molecule has 2 N–H and O–H groups in total. The normalized spacial score (nSPS) is 14.8. The largest absolute Gasteiger partial charge is 0.393 e. The van der Waals surface area contributed by atoms with Crippen LogP contribution in [0.15, 0.2) is 0 Å². The first-order valence-electron chi connectivity index (χ1n) is 3.45. The molecule has 0 radical (unpaired) electrons. The predicted molar refractivity (Wildman–Crippen MR) is 33.1 cm³/mol. The fourth-order valence-electron chi connectivity index (χ4n) is 0.704. The van der Waals surface area contributed by atoms with Gasteiger partial charge in [0.1, 0.15) is 0 Å². The summed E-state index contributed by atoms with van der Waals surface area (Å²) in [7, 11) is 0. The molecule has 0 spiro atoms. The van der Waals surface area contributed by atoms with Crippen LogP contribution in [-0.4, -0.2) is 28.1 Å². The minimum atomic E-state index is -5.50. The van der Waals surface area contributed by atoms with E-state index in [9.17, 15) is 22.0 Å². The molecule has 0 aliphatic rings. The second-order valence-electron chi connectivity index (χ2n) is 2.62. The maximum atomic E-state index is 12.4. The molecule has 0 aromatic rings. The van der Waals surface area contributed by atoms with Crippen molar-refractivity contribution in [1.29, 1.82) is 0 Å². The second-order valence-corrected chi connectivity index (χ2v) is 2.62. The minimum absolute atomic E-state index is 0.335. The quantitative estimate of drug-likeness (QED) is 0.545. The lowest BCUT2D eigenvalue weighted by Crippen LogP contribution is -2.56. The molecular formula is C6H9F5O2. The molecule has 0 aromatic carbocycles. The van der Waals surface area contributed by atoms with Gasteiger partial charge in [-0.15, -0.1) is 0 Å². The zero-order valence-corrected chi connectivity index (χ0v) is 6.70. The van der Waals surface area contributed by atoms with Gasteiger partial charge in [0.2, 0.25) is 0 Å². The Morgan fingerprint density at radius 3 is 1.62 bits per heavy atom. The van der Waals surface area contributed by atoms with Gasteiger partial charge in [-0.05, 0) is 0 Å². The maximum absolute atomic E-state index is 12.4. The van der Waals surface area contributed by atoms with Gasteiger partial charge in [-0.2, -0.15) is 22.0 Å². The average Bonchev–Trinajstić information content (AvgIpc) is 1.84. The molecule has 0 aromatic heterocycles. The number of alkyl halides is 5. The summed E-state index contributed by atoms with van der Waals surface area (Å²) >= 11 is 0. The van der Waals surface area contributed by atoms with Crippen molar-refractivity contribution in [3.63, 3.8) is 0 Å². The van der Waals surface area contributed by atoms with E-state index in [-0.39, 0.29) is 6.42 Å². The molecule has 13 heavy (non-hydrogen) atoms. The molecular weight excluding hydrogens is 199 g/mol. The van der Waals surface area contributed by atoms with E-state index in [1.807, 2.05) is 0 Å². The lowest BCUT2D eigenvalue weighted by molar-refractivity contribution is -0.414. The number of rotatable bonds is 4. The summed E-state index contributed by atoms with van der Waals surface area (Å²) in [6, 6.07) is -5.20. The lowest BCUT2D eigenvalue weighted by atomic mass is 10.1. The van der Waals surface area contributed by atoms with E-state index < -0.39 is 24.3 Å². The zero-order chi connectivity index (χ0) is 10.9. The molecule has 0 saturated carbocycles. The Kier molecular flexibility index (Phi) is 3.26. The van der Waals surface area contributed by atoms with Gasteiger partial charge in [-0.25, -0.2) is 0 Å². The van der Waals surface area contributed by atoms with Crippen LogP contribution in [0.4, 0.5) is 22.0 Å². The summed E-state index contributed by atoms with van der Waals surface area (Å²) in [6.07, 6.45) is -1.66. The summed E-state index contributed by atoms with van der Waals surface area (Å²) < 4.78 is 61.2. The van der Waals surface area contributed by atoms with Crippen molar-refractivity contribution in [1.82, 2.24) is 0 Å². The SMILES string of the molecule is CCCC(F)(F)C(F)(F)C(O)(O)F. The first kappa shape index (κ1) is 12.6. The van der Waals surface area contributed by atoms with E-state index in [0.717, 1.165) is 0 Å². The highest BCUT2D eigenvalue weighted by atomic mass is 19.3. The van der Waals surface area contributed by atoms with Gasteiger partial charge >= 0.3 is 17.9 Å². The fourth-order valence-corrected chi connectivity index (χ4v) is 0.704. The van der Waals surface area contributed by atoms with E-state index in [1.165, 1.54) is 6.92 Å². The lowest BCUT2D eigenvalue weighted by Gasteiger charge is -2.30. The minimum Gasteiger partial charge on any atom is -0.335 e. The monoisotopic (exact) mass is 208 g/mol. The van der Waals surface area contributed by atoms with Crippen LogP contribution in [0.25, 0.3) is 0 Å². The van der Waals surface area contributed by atoms with Crippen molar-refractivity contribution in [3.8, 4) is 0 Å². The highest BCUT2D eigenvalue weighted by molar-refractivity contribution is 4.89. The van der Waals surface area contributed by atoms with Crippen LogP contribution >= 0.6 is 0 Å². The van der Waals surface area contributed by atoms with Gasteiger partial charge in [0, 0.05) is 6.42 Å². The molecule has 0 amide bonds. The highest BCUT2D eigenvalue weighted by Crippen LogP contribution is 2.44. The van der Waals surface area contributed by atoms with Crippen molar-refractivity contribution < 1.29 is 32.2 Å². The molecule has 0 aliphatic carbocycles. The summed E-state index contributed by atoms with van der Waals surface area (Å²) in [5, 5.41) is 15.5. The average molecular weight is 208 g/mol. The van der Waals surface area contributed by atoms with E-state index in [4.69, 9.17) is 10.2 Å². The molecule has 7 heteroatoms. The molecule has 80 valence electrons. The van der Waals surface area contributed by atoms with Gasteiger partial charge in [0.15, 0.2) is 0 Å². The van der Waals surface area contributed by atoms with Gasteiger partial charge in [0.25, 0.3) is 0 Å². The molecule has 0 rings (SSSR count). The number of hydrogen-bond acceptors (Lipinski definition) is 2. The van der Waals surface area contributed by atoms with Gasteiger partial charge in [0.05, 0.1) is 0 Å². The Bertz CT molecular complexity index is 174. The summed E-state index contributed by atoms with van der Waals surface area (Å²) in [6.45, 7) is 1.18. The third-order valence-electron chi connectivity index (χ3n) is 1.42. The van der Waals surface area contributed by atoms with Crippen molar-refractivity contribution in [2.75, 3.05) is 0 Å². The van der Waals surface area contributed by atoms with Gasteiger partial charge in [-0.1, -0.05) is 13.3 Å². The van der Waals surface area contributed by atoms with Crippen LogP contribution in [0.2, 0.25) is 0 Å². The molecule has 0 saturated heterocycles. The Morgan fingerprint density at radius 1 is 1.00 bits per heavy atom. The second kappa shape index (κ2) is 3.38. The van der Waals surface area contributed by atoms with E-state index in [0.29, 0.717) is 0 Å². The van der Waals surface area contributed by atoms with Crippen LogP contribution in [0.3, 0.4) is 0 Å². The summed E-state index contributed by atoms with van der Waals surface area (Å²) in [4.78, 5) is 0. The topological polar surface area (TPSA) is 40.5 Å². The highest BCUT2D eigenvalue weighted by Gasteiger charge is 2.69.